The van der Waals surface area contributed by atoms with Crippen molar-refractivity contribution >= 4 is 10.0 Å². The Bertz CT molecular complexity index is 1100. The third-order valence-electron chi connectivity index (χ3n) is 6.70. The Balaban J connectivity index is 1.50. The summed E-state index contributed by atoms with van der Waals surface area (Å²) in [6, 6.07) is 26.0. The smallest absolute Gasteiger partial charge is 0.243 e. The van der Waals surface area contributed by atoms with Gasteiger partial charge in [-0.15, -0.1) is 0 Å². The summed E-state index contributed by atoms with van der Waals surface area (Å²) in [6.45, 7) is 3.46. The Hall–Kier alpha value is -2.67. The largest absolute Gasteiger partial charge is 0.494 e. The Morgan fingerprint density at radius 2 is 1.41 bits per heavy atom. The fourth-order valence-electron chi connectivity index (χ4n) is 4.73. The Kier molecular flexibility index (Phi) is 7.71. The molecule has 1 N–H and O–H groups in total. The molecule has 4 rings (SSSR count). The van der Waals surface area contributed by atoms with Gasteiger partial charge in [0.1, 0.15) is 11.4 Å². The van der Waals surface area contributed by atoms with Gasteiger partial charge in [-0.1, -0.05) is 74.0 Å². The van der Waals surface area contributed by atoms with Gasteiger partial charge in [0.25, 0.3) is 0 Å². The highest BCUT2D eigenvalue weighted by Crippen LogP contribution is 2.42. The van der Waals surface area contributed by atoms with E-state index in [1.54, 1.807) is 24.3 Å². The first-order valence-electron chi connectivity index (χ1n) is 12.0. The molecular weight excluding hydrogens is 446 g/mol. The number of hydrogen-bond acceptors (Lipinski definition) is 4. The van der Waals surface area contributed by atoms with Gasteiger partial charge in [0.2, 0.25) is 10.0 Å². The van der Waals surface area contributed by atoms with Crippen molar-refractivity contribution < 1.29 is 18.3 Å². The third kappa shape index (κ3) is 5.04. The highest BCUT2D eigenvalue weighted by molar-refractivity contribution is 7.89. The molecule has 1 aliphatic heterocycles. The van der Waals surface area contributed by atoms with E-state index >= 15 is 0 Å². The second-order valence-electron chi connectivity index (χ2n) is 8.85. The van der Waals surface area contributed by atoms with Gasteiger partial charge in [-0.2, -0.15) is 4.31 Å². The van der Waals surface area contributed by atoms with E-state index in [1.807, 2.05) is 60.7 Å². The number of sulfonamides is 1. The van der Waals surface area contributed by atoms with Crippen molar-refractivity contribution in [3.8, 4) is 5.75 Å². The highest BCUT2D eigenvalue weighted by atomic mass is 32.2. The minimum atomic E-state index is -3.61. The summed E-state index contributed by atoms with van der Waals surface area (Å²) in [5, 5.41) is 12.0. The fraction of sp³-hybridized carbons (Fsp3) is 0.357. The first-order valence-corrected chi connectivity index (χ1v) is 13.5. The molecule has 3 aromatic carbocycles. The van der Waals surface area contributed by atoms with E-state index in [2.05, 4.69) is 6.92 Å². The average Bonchev–Trinajstić information content (AvgIpc) is 2.90. The number of hydrogen-bond donors (Lipinski definition) is 1. The molecule has 0 atom stereocenters. The van der Waals surface area contributed by atoms with Crippen LogP contribution in [0, 0.1) is 5.92 Å². The van der Waals surface area contributed by atoms with Gasteiger partial charge in [-0.05, 0) is 60.6 Å². The van der Waals surface area contributed by atoms with Crippen LogP contribution in [0.1, 0.15) is 43.7 Å². The molecule has 0 aliphatic carbocycles. The molecule has 0 radical (unpaired) electrons. The molecule has 1 saturated heterocycles. The summed E-state index contributed by atoms with van der Waals surface area (Å²) in [7, 11) is -3.61. The van der Waals surface area contributed by atoms with Gasteiger partial charge in [0.15, 0.2) is 0 Å². The van der Waals surface area contributed by atoms with Gasteiger partial charge in [0, 0.05) is 13.1 Å². The van der Waals surface area contributed by atoms with E-state index in [9.17, 15) is 13.5 Å². The van der Waals surface area contributed by atoms with Crippen LogP contribution in [-0.4, -0.2) is 37.5 Å². The predicted octanol–water partition coefficient (Wildman–Crippen LogP) is 5.20. The summed E-state index contributed by atoms with van der Waals surface area (Å²) in [4.78, 5) is 0.273. The third-order valence-corrected chi connectivity index (χ3v) is 8.61. The van der Waals surface area contributed by atoms with Crippen molar-refractivity contribution in [1.29, 1.82) is 0 Å². The normalized spacial score (nSPS) is 15.8. The SMILES string of the molecule is CCCCOc1ccc(S(=O)(=O)N2CCC(C(O)(c3ccccc3)c3ccccc3)CC2)cc1. The van der Waals surface area contributed by atoms with Crippen LogP contribution in [0.4, 0.5) is 0 Å². The van der Waals surface area contributed by atoms with E-state index < -0.39 is 15.6 Å². The van der Waals surface area contributed by atoms with Crippen LogP contribution in [0.25, 0.3) is 0 Å². The molecule has 0 spiro atoms. The maximum atomic E-state index is 13.3. The molecule has 3 aromatic rings. The standard InChI is InChI=1S/C28H33NO4S/c1-2-3-22-33-26-14-16-27(17-15-26)34(31,32)29-20-18-25(19-21-29)28(30,23-10-6-4-7-11-23)24-12-8-5-9-13-24/h4-17,25,30H,2-3,18-22H2,1H3. The average molecular weight is 480 g/mol. The van der Waals surface area contributed by atoms with Crippen molar-refractivity contribution in [2.75, 3.05) is 19.7 Å². The minimum Gasteiger partial charge on any atom is -0.494 e. The van der Waals surface area contributed by atoms with E-state index in [-0.39, 0.29) is 10.8 Å². The lowest BCUT2D eigenvalue weighted by Crippen LogP contribution is -2.46. The molecule has 5 nitrogen and oxygen atoms in total. The predicted molar refractivity (Wildman–Crippen MR) is 134 cm³/mol. The van der Waals surface area contributed by atoms with Gasteiger partial charge < -0.3 is 9.84 Å². The van der Waals surface area contributed by atoms with Crippen LogP contribution in [-0.2, 0) is 15.6 Å². The highest BCUT2D eigenvalue weighted by Gasteiger charge is 2.43. The number of aliphatic hydroxyl groups is 1. The molecule has 1 fully saturated rings. The van der Waals surface area contributed by atoms with Crippen LogP contribution in [0.2, 0.25) is 0 Å². The van der Waals surface area contributed by atoms with Gasteiger partial charge >= 0.3 is 0 Å². The second-order valence-corrected chi connectivity index (χ2v) is 10.8. The molecule has 0 bridgehead atoms. The van der Waals surface area contributed by atoms with Gasteiger partial charge in [-0.3, -0.25) is 0 Å². The zero-order valence-electron chi connectivity index (χ0n) is 19.6. The molecule has 0 aromatic heterocycles. The van der Waals surface area contributed by atoms with Crippen LogP contribution in [0.15, 0.2) is 89.8 Å². The second kappa shape index (κ2) is 10.7. The van der Waals surface area contributed by atoms with E-state index in [0.29, 0.717) is 38.3 Å². The molecule has 34 heavy (non-hydrogen) atoms. The first-order chi connectivity index (χ1) is 16.5. The molecule has 6 heteroatoms. The molecule has 0 saturated carbocycles. The van der Waals surface area contributed by atoms with Crippen LogP contribution in [0.3, 0.4) is 0 Å². The van der Waals surface area contributed by atoms with Crippen molar-refractivity contribution in [2.24, 2.45) is 5.92 Å². The Morgan fingerprint density at radius 3 is 1.91 bits per heavy atom. The van der Waals surface area contributed by atoms with Gasteiger partial charge in [-0.25, -0.2) is 8.42 Å². The van der Waals surface area contributed by atoms with E-state index in [1.165, 1.54) is 4.31 Å². The monoisotopic (exact) mass is 479 g/mol. The van der Waals surface area contributed by atoms with Crippen molar-refractivity contribution in [2.45, 2.75) is 43.1 Å². The molecule has 0 amide bonds. The summed E-state index contributed by atoms with van der Waals surface area (Å²) in [5.41, 5.74) is 0.498. The first kappa shape index (κ1) is 24.5. The summed E-state index contributed by atoms with van der Waals surface area (Å²) in [5.74, 6) is 0.583. The number of nitrogens with zero attached hydrogens (tertiary/aromatic N) is 1. The van der Waals surface area contributed by atoms with Crippen LogP contribution in [0.5, 0.6) is 5.75 Å². The lowest BCUT2D eigenvalue weighted by molar-refractivity contribution is -0.00531. The Morgan fingerprint density at radius 1 is 0.882 bits per heavy atom. The topological polar surface area (TPSA) is 66.8 Å². The molecule has 0 unspecified atom stereocenters. The van der Waals surface area contributed by atoms with Crippen molar-refractivity contribution in [3.05, 3.63) is 96.1 Å². The zero-order valence-corrected chi connectivity index (χ0v) is 20.5. The van der Waals surface area contributed by atoms with E-state index in [0.717, 1.165) is 24.0 Å². The van der Waals surface area contributed by atoms with Crippen LogP contribution >= 0.6 is 0 Å². The maximum Gasteiger partial charge on any atom is 0.243 e. The number of ether oxygens (including phenoxy) is 1. The van der Waals surface area contributed by atoms with Gasteiger partial charge in [0.05, 0.1) is 11.5 Å². The minimum absolute atomic E-state index is 0.0990. The molecule has 1 aliphatic rings. The summed E-state index contributed by atoms with van der Waals surface area (Å²) >= 11 is 0. The number of rotatable bonds is 9. The van der Waals surface area contributed by atoms with Crippen LogP contribution < -0.4 is 4.74 Å². The zero-order chi connectivity index (χ0) is 24.0. The Labute approximate surface area is 203 Å². The van der Waals surface area contributed by atoms with Crippen molar-refractivity contribution in [1.82, 2.24) is 4.31 Å². The number of unbranched alkanes of at least 4 members (excludes halogenated alkanes) is 1. The summed E-state index contributed by atoms with van der Waals surface area (Å²) in [6.07, 6.45) is 3.15. The van der Waals surface area contributed by atoms with Crippen molar-refractivity contribution in [3.63, 3.8) is 0 Å². The quantitative estimate of drug-likeness (QED) is 0.428. The molecular formula is C28H33NO4S. The number of piperidine rings is 1. The lowest BCUT2D eigenvalue weighted by atomic mass is 9.72. The maximum absolute atomic E-state index is 13.3. The molecule has 180 valence electrons. The lowest BCUT2D eigenvalue weighted by Gasteiger charge is -2.42. The van der Waals surface area contributed by atoms with E-state index in [4.69, 9.17) is 4.74 Å². The summed E-state index contributed by atoms with van der Waals surface area (Å²) < 4.78 is 33.7. The number of benzene rings is 3. The molecule has 1 heterocycles. The fourth-order valence-corrected chi connectivity index (χ4v) is 6.20.